The van der Waals surface area contributed by atoms with Gasteiger partial charge in [-0.25, -0.2) is 4.98 Å². The van der Waals surface area contributed by atoms with Crippen molar-refractivity contribution in [3.63, 3.8) is 0 Å². The molecule has 0 fully saturated rings. The van der Waals surface area contributed by atoms with Gasteiger partial charge in [0.05, 0.1) is 23.5 Å². The molecule has 2 N–H and O–H groups in total. The summed E-state index contributed by atoms with van der Waals surface area (Å²) in [5.74, 6) is 0.0301. The number of hydrogen-bond acceptors (Lipinski definition) is 3. The zero-order valence-electron chi connectivity index (χ0n) is 16.5. The minimum absolute atomic E-state index is 0.0301. The molecule has 148 valence electrons. The van der Waals surface area contributed by atoms with Gasteiger partial charge in [0.1, 0.15) is 13.1 Å². The van der Waals surface area contributed by atoms with E-state index in [0.29, 0.717) is 6.42 Å². The molecule has 0 bridgehead atoms. The van der Waals surface area contributed by atoms with E-state index in [1.807, 2.05) is 0 Å². The van der Waals surface area contributed by atoms with Gasteiger partial charge in [0.2, 0.25) is 5.91 Å². The normalized spacial score (nSPS) is 17.6. The standard InChI is InChI=1S/C24H25N3OS/c28-23(14-18-9-10-19-7-4-8-20(19)13-18)26-24-25-21-11-12-27(16-22(21)29-24)15-17-5-2-1-3-6-17/h1-3,5-6,9-10,13H,4,7-8,11-12,14-16H2,(H,25,26,28)/p+1. The summed E-state index contributed by atoms with van der Waals surface area (Å²) in [7, 11) is 0. The molecular weight excluding hydrogens is 378 g/mol. The van der Waals surface area contributed by atoms with Gasteiger partial charge in [-0.3, -0.25) is 4.79 Å². The minimum Gasteiger partial charge on any atom is -0.326 e. The van der Waals surface area contributed by atoms with Crippen LogP contribution < -0.4 is 10.2 Å². The van der Waals surface area contributed by atoms with Crippen LogP contribution in [0.1, 0.15) is 39.2 Å². The molecule has 2 aliphatic rings. The van der Waals surface area contributed by atoms with Crippen LogP contribution in [0.25, 0.3) is 0 Å². The first kappa shape index (κ1) is 18.5. The molecule has 29 heavy (non-hydrogen) atoms. The number of rotatable bonds is 5. The molecule has 3 aromatic rings. The number of nitrogens with one attached hydrogen (secondary N) is 2. The van der Waals surface area contributed by atoms with Crippen molar-refractivity contribution in [2.45, 2.75) is 45.2 Å². The van der Waals surface area contributed by atoms with Gasteiger partial charge in [0, 0.05) is 12.0 Å². The van der Waals surface area contributed by atoms with Crippen molar-refractivity contribution in [3.05, 3.63) is 81.4 Å². The molecular formula is C24H26N3OS+. The molecule has 0 spiro atoms. The number of carbonyl (C=O) groups is 1. The number of benzene rings is 2. The third kappa shape index (κ3) is 4.26. The van der Waals surface area contributed by atoms with Crippen LogP contribution in [0.15, 0.2) is 48.5 Å². The van der Waals surface area contributed by atoms with Crippen molar-refractivity contribution in [2.75, 3.05) is 11.9 Å². The molecule has 0 radical (unpaired) electrons. The first-order chi connectivity index (χ1) is 14.2. The van der Waals surface area contributed by atoms with E-state index < -0.39 is 0 Å². The monoisotopic (exact) mass is 404 g/mol. The van der Waals surface area contributed by atoms with E-state index in [1.165, 1.54) is 40.1 Å². The Labute approximate surface area is 175 Å². The Morgan fingerprint density at radius 1 is 1.03 bits per heavy atom. The molecule has 5 rings (SSSR count). The van der Waals surface area contributed by atoms with Crippen LogP contribution in [0.3, 0.4) is 0 Å². The largest absolute Gasteiger partial charge is 0.326 e. The highest BCUT2D eigenvalue weighted by Gasteiger charge is 2.24. The van der Waals surface area contributed by atoms with Crippen molar-refractivity contribution in [1.82, 2.24) is 4.98 Å². The van der Waals surface area contributed by atoms with Crippen molar-refractivity contribution in [3.8, 4) is 0 Å². The highest BCUT2D eigenvalue weighted by molar-refractivity contribution is 7.15. The first-order valence-corrected chi connectivity index (χ1v) is 11.3. The van der Waals surface area contributed by atoms with Crippen LogP contribution in [0, 0.1) is 0 Å². The predicted octanol–water partition coefficient (Wildman–Crippen LogP) is 2.95. The molecule has 0 saturated heterocycles. The summed E-state index contributed by atoms with van der Waals surface area (Å²) < 4.78 is 0. The SMILES string of the molecule is O=C(Cc1ccc2c(c1)CCC2)Nc1nc2c(s1)C[NH+](Cc1ccccc1)CC2. The molecule has 1 aliphatic heterocycles. The van der Waals surface area contributed by atoms with E-state index in [0.717, 1.165) is 43.2 Å². The zero-order chi connectivity index (χ0) is 19.6. The summed E-state index contributed by atoms with van der Waals surface area (Å²) in [6.07, 6.45) is 4.96. The van der Waals surface area contributed by atoms with Gasteiger partial charge in [-0.2, -0.15) is 0 Å². The van der Waals surface area contributed by atoms with Gasteiger partial charge in [-0.15, -0.1) is 0 Å². The topological polar surface area (TPSA) is 46.4 Å². The summed E-state index contributed by atoms with van der Waals surface area (Å²) >= 11 is 1.64. The molecule has 4 nitrogen and oxygen atoms in total. The number of aromatic nitrogens is 1. The highest BCUT2D eigenvalue weighted by Crippen LogP contribution is 2.25. The fourth-order valence-electron chi connectivity index (χ4n) is 4.50. The highest BCUT2D eigenvalue weighted by atomic mass is 32.1. The molecule has 1 aromatic heterocycles. The third-order valence-electron chi connectivity index (χ3n) is 5.98. The van der Waals surface area contributed by atoms with E-state index in [9.17, 15) is 4.79 Å². The van der Waals surface area contributed by atoms with Crippen molar-refractivity contribution in [1.29, 1.82) is 0 Å². The Bertz CT molecular complexity index is 1030. The number of nitrogens with zero attached hydrogens (tertiary/aromatic N) is 1. The maximum atomic E-state index is 12.6. The van der Waals surface area contributed by atoms with Crippen molar-refractivity contribution < 1.29 is 9.69 Å². The number of fused-ring (bicyclic) bond motifs is 2. The van der Waals surface area contributed by atoms with Crippen LogP contribution in [-0.4, -0.2) is 17.4 Å². The average Bonchev–Trinajstić information content (AvgIpc) is 3.34. The average molecular weight is 405 g/mol. The lowest BCUT2D eigenvalue weighted by Crippen LogP contribution is -3.10. The van der Waals surface area contributed by atoms with E-state index in [-0.39, 0.29) is 5.91 Å². The Morgan fingerprint density at radius 3 is 2.79 bits per heavy atom. The van der Waals surface area contributed by atoms with Crippen molar-refractivity contribution in [2.24, 2.45) is 0 Å². The number of thiazole rings is 1. The number of aryl methyl sites for hydroxylation is 2. The number of carbonyl (C=O) groups excluding carboxylic acids is 1. The lowest BCUT2D eigenvalue weighted by Gasteiger charge is -2.22. The van der Waals surface area contributed by atoms with Gasteiger partial charge < -0.3 is 10.2 Å². The van der Waals surface area contributed by atoms with E-state index >= 15 is 0 Å². The smallest absolute Gasteiger partial charge is 0.230 e. The van der Waals surface area contributed by atoms with Crippen LogP contribution >= 0.6 is 11.3 Å². The molecule has 0 saturated carbocycles. The molecule has 1 amide bonds. The van der Waals surface area contributed by atoms with Crippen LogP contribution in [0.5, 0.6) is 0 Å². The predicted molar refractivity (Wildman–Crippen MR) is 116 cm³/mol. The number of hydrogen-bond donors (Lipinski definition) is 2. The Hall–Kier alpha value is -2.50. The van der Waals surface area contributed by atoms with Crippen molar-refractivity contribution >= 4 is 22.4 Å². The number of amides is 1. The van der Waals surface area contributed by atoms with Gasteiger partial charge in [0.25, 0.3) is 0 Å². The minimum atomic E-state index is 0.0301. The summed E-state index contributed by atoms with van der Waals surface area (Å²) in [4.78, 5) is 20.1. The Kier molecular flexibility index (Phi) is 5.17. The lowest BCUT2D eigenvalue weighted by molar-refractivity contribution is -0.929. The molecule has 1 aliphatic carbocycles. The summed E-state index contributed by atoms with van der Waals surface area (Å²) in [5, 5.41) is 3.79. The van der Waals surface area contributed by atoms with Crippen LogP contribution in [0.2, 0.25) is 0 Å². The zero-order valence-corrected chi connectivity index (χ0v) is 17.4. The fourth-order valence-corrected chi connectivity index (χ4v) is 5.60. The maximum absolute atomic E-state index is 12.6. The van der Waals surface area contributed by atoms with Crippen LogP contribution in [-0.2, 0) is 43.6 Å². The van der Waals surface area contributed by atoms with Gasteiger partial charge in [0.15, 0.2) is 5.13 Å². The maximum Gasteiger partial charge on any atom is 0.230 e. The van der Waals surface area contributed by atoms with E-state index in [1.54, 1.807) is 16.2 Å². The Balaban J connectivity index is 1.20. The summed E-state index contributed by atoms with van der Waals surface area (Å²) in [6, 6.07) is 17.2. The Morgan fingerprint density at radius 2 is 1.90 bits per heavy atom. The first-order valence-electron chi connectivity index (χ1n) is 10.5. The summed E-state index contributed by atoms with van der Waals surface area (Å²) in [6.45, 7) is 3.12. The molecule has 5 heteroatoms. The molecule has 1 unspecified atom stereocenters. The van der Waals surface area contributed by atoms with Crippen LogP contribution in [0.4, 0.5) is 5.13 Å². The number of quaternary nitrogens is 1. The van der Waals surface area contributed by atoms with Gasteiger partial charge in [-0.05, 0) is 36.0 Å². The number of anilines is 1. The third-order valence-corrected chi connectivity index (χ3v) is 6.99. The summed E-state index contributed by atoms with van der Waals surface area (Å²) in [5.41, 5.74) is 6.51. The lowest BCUT2D eigenvalue weighted by atomic mass is 10.0. The molecule has 1 atom stereocenters. The molecule has 2 aromatic carbocycles. The second-order valence-electron chi connectivity index (χ2n) is 8.16. The second kappa shape index (κ2) is 8.09. The van der Waals surface area contributed by atoms with E-state index in [2.05, 4.69) is 53.8 Å². The fraction of sp³-hybridized carbons (Fsp3) is 0.333. The quantitative estimate of drug-likeness (QED) is 0.687. The van der Waals surface area contributed by atoms with E-state index in [4.69, 9.17) is 4.98 Å². The molecule has 2 heterocycles. The van der Waals surface area contributed by atoms with Gasteiger partial charge in [-0.1, -0.05) is 59.9 Å². The second-order valence-corrected chi connectivity index (χ2v) is 9.24. The van der Waals surface area contributed by atoms with Gasteiger partial charge >= 0.3 is 0 Å².